The first-order chi connectivity index (χ1) is 10.6. The van der Waals surface area contributed by atoms with Crippen LogP contribution in [0.1, 0.15) is 5.56 Å². The highest BCUT2D eigenvalue weighted by Crippen LogP contribution is 2.43. The van der Waals surface area contributed by atoms with Gasteiger partial charge in [0.2, 0.25) is 0 Å². The molecule has 120 valence electrons. The van der Waals surface area contributed by atoms with Crippen molar-refractivity contribution < 1.29 is 30.7 Å². The lowest BCUT2D eigenvalue weighted by atomic mass is 10.0. The molecule has 0 aromatic heterocycles. The number of rotatable bonds is 1. The molecule has 0 aliphatic rings. The van der Waals surface area contributed by atoms with Crippen molar-refractivity contribution in [3.63, 3.8) is 0 Å². The second kappa shape index (κ2) is 6.17. The monoisotopic (exact) mass is 460 g/mol. The molecule has 2 rings (SSSR count). The van der Waals surface area contributed by atoms with E-state index in [2.05, 4.69) is 31.9 Å². The largest absolute Gasteiger partial charge is 0.204 e. The zero-order chi connectivity index (χ0) is 17.6. The molecule has 0 aliphatic carbocycles. The average Bonchev–Trinajstić information content (AvgIpc) is 2.53. The van der Waals surface area contributed by atoms with Crippen molar-refractivity contribution in [2.24, 2.45) is 0 Å². The molecule has 0 bridgehead atoms. The van der Waals surface area contributed by atoms with Crippen LogP contribution in [0.25, 0.3) is 11.1 Å². The molecule has 9 heteroatoms. The molecule has 0 heterocycles. The van der Waals surface area contributed by atoms with Gasteiger partial charge in [-0.15, -0.1) is 6.42 Å². The molecule has 0 unspecified atom stereocenters. The van der Waals surface area contributed by atoms with E-state index >= 15 is 0 Å². The molecule has 0 aliphatic heterocycles. The van der Waals surface area contributed by atoms with Crippen molar-refractivity contribution in [2.45, 2.75) is 0 Å². The normalized spacial score (nSPS) is 10.8. The van der Waals surface area contributed by atoms with E-state index in [1.54, 1.807) is 5.92 Å². The summed E-state index contributed by atoms with van der Waals surface area (Å²) in [4.78, 5) is 0. The predicted molar refractivity (Wildman–Crippen MR) is 74.9 cm³/mol. The third-order valence-electron chi connectivity index (χ3n) is 2.87. The minimum atomic E-state index is -2.27. The first kappa shape index (κ1) is 17.8. The Balaban J connectivity index is 3.05. The van der Waals surface area contributed by atoms with Gasteiger partial charge in [-0.25, -0.2) is 30.7 Å². The second-order valence-electron chi connectivity index (χ2n) is 4.10. The van der Waals surface area contributed by atoms with Gasteiger partial charge in [-0.2, -0.15) is 0 Å². The van der Waals surface area contributed by atoms with Crippen LogP contribution >= 0.6 is 31.9 Å². The van der Waals surface area contributed by atoms with Crippen LogP contribution in [0.2, 0.25) is 0 Å². The number of hydrogen-bond acceptors (Lipinski definition) is 0. The standard InChI is InChI=1S/C14HBr2F7/c1-2-3-8(17)6(15)4(10(19)9(3)18)5-7(16)12(21)14(23)13(22)11(5)20/h1H. The Morgan fingerprint density at radius 3 is 1.43 bits per heavy atom. The molecule has 0 radical (unpaired) electrons. The average molecular weight is 462 g/mol. The fourth-order valence-electron chi connectivity index (χ4n) is 1.80. The van der Waals surface area contributed by atoms with E-state index in [4.69, 9.17) is 6.42 Å². The third kappa shape index (κ3) is 2.54. The van der Waals surface area contributed by atoms with E-state index in [1.165, 1.54) is 0 Å². The Morgan fingerprint density at radius 2 is 0.957 bits per heavy atom. The molecule has 0 amide bonds. The summed E-state index contributed by atoms with van der Waals surface area (Å²) >= 11 is 4.94. The van der Waals surface area contributed by atoms with Crippen LogP contribution in [0.3, 0.4) is 0 Å². The molecule has 0 nitrogen and oxygen atoms in total. The van der Waals surface area contributed by atoms with Crippen LogP contribution in [0, 0.1) is 53.1 Å². The number of halogens is 9. The van der Waals surface area contributed by atoms with Crippen LogP contribution in [0.15, 0.2) is 8.95 Å². The van der Waals surface area contributed by atoms with Crippen LogP contribution in [0.5, 0.6) is 0 Å². The Hall–Kier alpha value is -1.53. The van der Waals surface area contributed by atoms with E-state index in [1.807, 2.05) is 0 Å². The summed E-state index contributed by atoms with van der Waals surface area (Å²) in [5.74, 6) is -12.0. The van der Waals surface area contributed by atoms with Crippen LogP contribution < -0.4 is 0 Å². The molecule has 0 saturated carbocycles. The van der Waals surface area contributed by atoms with Crippen molar-refractivity contribution in [3.05, 3.63) is 55.2 Å². The maximum Gasteiger partial charge on any atom is 0.198 e. The molecule has 2 aromatic carbocycles. The van der Waals surface area contributed by atoms with Crippen LogP contribution in [0.4, 0.5) is 30.7 Å². The molecule has 0 N–H and O–H groups in total. The molecule has 2 aromatic rings. The smallest absolute Gasteiger partial charge is 0.198 e. The number of hydrogen-bond donors (Lipinski definition) is 0. The zero-order valence-electron chi connectivity index (χ0n) is 10.5. The molecule has 0 saturated heterocycles. The maximum absolute atomic E-state index is 14.1. The van der Waals surface area contributed by atoms with Gasteiger partial charge in [0.25, 0.3) is 0 Å². The topological polar surface area (TPSA) is 0 Å². The van der Waals surface area contributed by atoms with E-state index in [-0.39, 0.29) is 0 Å². The van der Waals surface area contributed by atoms with Crippen molar-refractivity contribution in [1.29, 1.82) is 0 Å². The molecule has 23 heavy (non-hydrogen) atoms. The first-order valence-corrected chi connectivity index (χ1v) is 7.08. The fourth-order valence-corrected chi connectivity index (χ4v) is 2.92. The second-order valence-corrected chi connectivity index (χ2v) is 5.68. The summed E-state index contributed by atoms with van der Waals surface area (Å²) in [6.07, 6.45) is 4.84. The molecular weight excluding hydrogens is 461 g/mol. The first-order valence-electron chi connectivity index (χ1n) is 5.49. The fraction of sp³-hybridized carbons (Fsp3) is 0. The number of benzene rings is 2. The highest BCUT2D eigenvalue weighted by Gasteiger charge is 2.31. The Bertz CT molecular complexity index is 826. The van der Waals surface area contributed by atoms with Gasteiger partial charge >= 0.3 is 0 Å². The summed E-state index contributed by atoms with van der Waals surface area (Å²) < 4.78 is 93.8. The van der Waals surface area contributed by atoms with Gasteiger partial charge in [-0.05, 0) is 31.9 Å². The molecular formula is C14HBr2F7. The van der Waals surface area contributed by atoms with Gasteiger partial charge < -0.3 is 0 Å². The summed E-state index contributed by atoms with van der Waals surface area (Å²) in [5.41, 5.74) is -3.54. The van der Waals surface area contributed by atoms with Crippen molar-refractivity contribution >= 4 is 31.9 Å². The molecule has 0 atom stereocenters. The lowest BCUT2D eigenvalue weighted by molar-refractivity contribution is 0.407. The predicted octanol–water partition coefficient (Wildman–Crippen LogP) is 5.83. The quantitative estimate of drug-likeness (QED) is 0.217. The highest BCUT2D eigenvalue weighted by atomic mass is 79.9. The van der Waals surface area contributed by atoms with Crippen LogP contribution in [-0.2, 0) is 0 Å². The SMILES string of the molecule is C#Cc1c(F)c(F)c(-c2c(F)c(F)c(F)c(F)c2Br)c(Br)c1F. The Labute approximate surface area is 141 Å². The zero-order valence-corrected chi connectivity index (χ0v) is 13.7. The van der Waals surface area contributed by atoms with Gasteiger partial charge in [-0.1, -0.05) is 5.92 Å². The van der Waals surface area contributed by atoms with Gasteiger partial charge in [0.1, 0.15) is 0 Å². The van der Waals surface area contributed by atoms with Gasteiger partial charge in [0.15, 0.2) is 40.7 Å². The van der Waals surface area contributed by atoms with Gasteiger partial charge in [0, 0.05) is 11.1 Å². The van der Waals surface area contributed by atoms with E-state index in [0.29, 0.717) is 0 Å². The summed E-state index contributed by atoms with van der Waals surface area (Å²) in [6.45, 7) is 0. The lowest BCUT2D eigenvalue weighted by Gasteiger charge is -2.14. The Kier molecular flexibility index (Phi) is 4.78. The molecule has 0 fully saturated rings. The van der Waals surface area contributed by atoms with E-state index in [9.17, 15) is 30.7 Å². The van der Waals surface area contributed by atoms with E-state index in [0.717, 1.165) is 0 Å². The van der Waals surface area contributed by atoms with E-state index < -0.39 is 66.4 Å². The third-order valence-corrected chi connectivity index (χ3v) is 4.36. The summed E-state index contributed by atoms with van der Waals surface area (Å²) in [6, 6.07) is 0. The Morgan fingerprint density at radius 1 is 0.565 bits per heavy atom. The highest BCUT2D eigenvalue weighted by molar-refractivity contribution is 9.11. The summed E-state index contributed by atoms with van der Waals surface area (Å²) in [7, 11) is 0. The minimum Gasteiger partial charge on any atom is -0.204 e. The number of terminal acetylenes is 1. The van der Waals surface area contributed by atoms with Gasteiger partial charge in [-0.3, -0.25) is 0 Å². The maximum atomic E-state index is 14.1. The summed E-state index contributed by atoms with van der Waals surface area (Å²) in [5, 5.41) is 0. The van der Waals surface area contributed by atoms with Crippen molar-refractivity contribution in [1.82, 2.24) is 0 Å². The lowest BCUT2D eigenvalue weighted by Crippen LogP contribution is -2.06. The molecule has 0 spiro atoms. The van der Waals surface area contributed by atoms with Crippen LogP contribution in [-0.4, -0.2) is 0 Å². The van der Waals surface area contributed by atoms with Crippen molar-refractivity contribution in [3.8, 4) is 23.5 Å². The minimum absolute atomic E-state index is 0.880. The van der Waals surface area contributed by atoms with Crippen molar-refractivity contribution in [2.75, 3.05) is 0 Å². The van der Waals surface area contributed by atoms with Gasteiger partial charge in [0.05, 0.1) is 14.5 Å².